The molecule has 0 spiro atoms. The first-order valence-electron chi connectivity index (χ1n) is 8.87. The molecule has 0 fully saturated rings. The van der Waals surface area contributed by atoms with E-state index in [2.05, 4.69) is 15.3 Å². The van der Waals surface area contributed by atoms with Crippen LogP contribution in [0, 0.1) is 0 Å². The third kappa shape index (κ3) is 4.72. The zero-order valence-electron chi connectivity index (χ0n) is 14.9. The Hall–Kier alpha value is -3.08. The van der Waals surface area contributed by atoms with E-state index in [-0.39, 0.29) is 5.91 Å². The Kier molecular flexibility index (Phi) is 6.04. The number of fused-ring (bicyclic) bond motifs is 1. The molecule has 0 aliphatic rings. The van der Waals surface area contributed by atoms with Gasteiger partial charge in [0.15, 0.2) is 0 Å². The van der Waals surface area contributed by atoms with Gasteiger partial charge in [-0.2, -0.15) is 0 Å². The summed E-state index contributed by atoms with van der Waals surface area (Å²) in [6.07, 6.45) is 4.94. The highest BCUT2D eigenvalue weighted by Crippen LogP contribution is 2.19. The van der Waals surface area contributed by atoms with Crippen molar-refractivity contribution in [1.82, 2.24) is 15.3 Å². The summed E-state index contributed by atoms with van der Waals surface area (Å²) < 4.78 is 5.55. The number of ether oxygens (including phenoxy) is 1. The lowest BCUT2D eigenvalue weighted by Crippen LogP contribution is -2.22. The van der Waals surface area contributed by atoms with E-state index in [0.717, 1.165) is 41.0 Å². The fourth-order valence-corrected chi connectivity index (χ4v) is 2.72. The zero-order valence-corrected chi connectivity index (χ0v) is 14.9. The van der Waals surface area contributed by atoms with Crippen LogP contribution in [-0.4, -0.2) is 29.0 Å². The summed E-state index contributed by atoms with van der Waals surface area (Å²) in [6.45, 7) is 3.14. The van der Waals surface area contributed by atoms with Gasteiger partial charge in [0.05, 0.1) is 17.6 Å². The average Bonchev–Trinajstić information content (AvgIpc) is 3.07. The summed E-state index contributed by atoms with van der Waals surface area (Å²) >= 11 is 0. The Balaban J connectivity index is 1.45. The summed E-state index contributed by atoms with van der Waals surface area (Å²) in [7, 11) is 0. The molecule has 1 amide bonds. The summed E-state index contributed by atoms with van der Waals surface area (Å²) in [6, 6.07) is 15.6. The van der Waals surface area contributed by atoms with E-state index in [1.807, 2.05) is 55.5 Å². The van der Waals surface area contributed by atoms with Crippen molar-refractivity contribution >= 4 is 23.0 Å². The van der Waals surface area contributed by atoms with Crippen LogP contribution >= 0.6 is 0 Å². The molecule has 2 aromatic carbocycles. The second kappa shape index (κ2) is 8.85. The molecule has 2 N–H and O–H groups in total. The van der Waals surface area contributed by atoms with Crippen LogP contribution in [0.3, 0.4) is 0 Å². The number of aromatic amines is 1. The number of aryl methyl sites for hydroxylation is 1. The van der Waals surface area contributed by atoms with E-state index >= 15 is 0 Å². The number of carbonyl (C=O) groups excluding carboxylic acids is 1. The molecule has 0 aliphatic heterocycles. The van der Waals surface area contributed by atoms with Gasteiger partial charge in [-0.15, -0.1) is 0 Å². The summed E-state index contributed by atoms with van der Waals surface area (Å²) in [5, 5.41) is 2.90. The van der Waals surface area contributed by atoms with Crippen LogP contribution in [0.2, 0.25) is 0 Å². The van der Waals surface area contributed by atoms with Gasteiger partial charge in [-0.25, -0.2) is 4.98 Å². The smallest absolute Gasteiger partial charge is 0.244 e. The standard InChI is InChI=1S/C21H23N3O2/c1-2-26-19-11-6-3-8-16(19)13-14-21(25)22-15-7-12-20-23-17-9-4-5-10-18(17)24-20/h3-6,8-11,13-14H,2,7,12,15H2,1H3,(H,22,25)(H,23,24)/b14-13+. The molecular formula is C21H23N3O2. The van der Waals surface area contributed by atoms with Gasteiger partial charge in [-0.1, -0.05) is 30.3 Å². The van der Waals surface area contributed by atoms with Crippen LogP contribution in [0.1, 0.15) is 24.7 Å². The molecule has 3 aromatic rings. The minimum atomic E-state index is -0.110. The number of carbonyl (C=O) groups is 1. The Morgan fingerprint density at radius 1 is 1.19 bits per heavy atom. The minimum absolute atomic E-state index is 0.110. The molecule has 0 atom stereocenters. The summed E-state index contributed by atoms with van der Waals surface area (Å²) in [5.74, 6) is 1.62. The van der Waals surface area contributed by atoms with Crippen molar-refractivity contribution in [3.05, 3.63) is 66.0 Å². The third-order valence-corrected chi connectivity index (χ3v) is 3.96. The Morgan fingerprint density at radius 3 is 2.85 bits per heavy atom. The molecule has 5 nitrogen and oxygen atoms in total. The topological polar surface area (TPSA) is 67.0 Å². The summed E-state index contributed by atoms with van der Waals surface area (Å²) in [5.41, 5.74) is 2.91. The highest BCUT2D eigenvalue weighted by atomic mass is 16.5. The van der Waals surface area contributed by atoms with Crippen LogP contribution in [-0.2, 0) is 11.2 Å². The molecule has 5 heteroatoms. The van der Waals surface area contributed by atoms with Gasteiger partial charge in [-0.05, 0) is 37.6 Å². The number of nitrogens with one attached hydrogen (secondary N) is 2. The molecule has 0 bridgehead atoms. The summed E-state index contributed by atoms with van der Waals surface area (Å²) in [4.78, 5) is 19.8. The van der Waals surface area contributed by atoms with Gasteiger partial charge in [0.1, 0.15) is 11.6 Å². The number of amides is 1. The number of benzene rings is 2. The van der Waals surface area contributed by atoms with Crippen LogP contribution < -0.4 is 10.1 Å². The highest BCUT2D eigenvalue weighted by Gasteiger charge is 2.03. The Labute approximate surface area is 153 Å². The van der Waals surface area contributed by atoms with Crippen LogP contribution in [0.25, 0.3) is 17.1 Å². The van der Waals surface area contributed by atoms with E-state index in [1.54, 1.807) is 12.2 Å². The van der Waals surface area contributed by atoms with Crippen molar-refractivity contribution in [1.29, 1.82) is 0 Å². The zero-order chi connectivity index (χ0) is 18.2. The third-order valence-electron chi connectivity index (χ3n) is 3.96. The maximum absolute atomic E-state index is 12.0. The molecule has 3 rings (SSSR count). The number of H-pyrrole nitrogens is 1. The van der Waals surface area contributed by atoms with E-state index < -0.39 is 0 Å². The van der Waals surface area contributed by atoms with Crippen LogP contribution in [0.4, 0.5) is 0 Å². The molecule has 0 radical (unpaired) electrons. The van der Waals surface area contributed by atoms with E-state index in [4.69, 9.17) is 4.74 Å². The lowest BCUT2D eigenvalue weighted by molar-refractivity contribution is -0.116. The molecule has 26 heavy (non-hydrogen) atoms. The molecule has 1 aromatic heterocycles. The first-order valence-corrected chi connectivity index (χ1v) is 8.87. The maximum atomic E-state index is 12.0. The van der Waals surface area contributed by atoms with E-state index in [1.165, 1.54) is 0 Å². The van der Waals surface area contributed by atoms with Crippen molar-refractivity contribution < 1.29 is 9.53 Å². The quantitative estimate of drug-likeness (QED) is 0.481. The molecule has 0 saturated heterocycles. The van der Waals surface area contributed by atoms with Crippen LogP contribution in [0.5, 0.6) is 5.75 Å². The van der Waals surface area contributed by atoms with Crippen molar-refractivity contribution in [2.45, 2.75) is 19.8 Å². The molecule has 0 aliphatic carbocycles. The average molecular weight is 349 g/mol. The Bertz CT molecular complexity index is 866. The largest absolute Gasteiger partial charge is 0.493 e. The lowest BCUT2D eigenvalue weighted by atomic mass is 10.2. The maximum Gasteiger partial charge on any atom is 0.244 e. The van der Waals surface area contributed by atoms with Crippen molar-refractivity contribution in [3.8, 4) is 5.75 Å². The fourth-order valence-electron chi connectivity index (χ4n) is 2.72. The predicted octanol–water partition coefficient (Wildman–Crippen LogP) is 3.72. The number of imidazole rings is 1. The van der Waals surface area contributed by atoms with Gasteiger partial charge < -0.3 is 15.0 Å². The van der Waals surface area contributed by atoms with E-state index in [9.17, 15) is 4.79 Å². The molecular weight excluding hydrogens is 326 g/mol. The number of hydrogen-bond donors (Lipinski definition) is 2. The van der Waals surface area contributed by atoms with Crippen molar-refractivity contribution in [2.75, 3.05) is 13.2 Å². The second-order valence-corrected chi connectivity index (χ2v) is 5.90. The second-order valence-electron chi connectivity index (χ2n) is 5.90. The highest BCUT2D eigenvalue weighted by molar-refractivity contribution is 5.92. The Morgan fingerprint density at radius 2 is 2.00 bits per heavy atom. The molecule has 1 heterocycles. The fraction of sp³-hybridized carbons (Fsp3) is 0.238. The SMILES string of the molecule is CCOc1ccccc1/C=C/C(=O)NCCCc1nc2ccccc2[nH]1. The van der Waals surface area contributed by atoms with Gasteiger partial charge in [0.2, 0.25) is 5.91 Å². The van der Waals surface area contributed by atoms with Gasteiger partial charge in [0, 0.05) is 24.6 Å². The number of aromatic nitrogens is 2. The number of rotatable bonds is 8. The number of para-hydroxylation sites is 3. The lowest BCUT2D eigenvalue weighted by Gasteiger charge is -2.06. The number of hydrogen-bond acceptors (Lipinski definition) is 3. The number of nitrogens with zero attached hydrogens (tertiary/aromatic N) is 1. The molecule has 0 unspecified atom stereocenters. The van der Waals surface area contributed by atoms with Gasteiger partial charge in [-0.3, -0.25) is 4.79 Å². The van der Waals surface area contributed by atoms with Crippen molar-refractivity contribution in [2.24, 2.45) is 0 Å². The van der Waals surface area contributed by atoms with Crippen LogP contribution in [0.15, 0.2) is 54.6 Å². The first kappa shape index (κ1) is 17.7. The van der Waals surface area contributed by atoms with Gasteiger partial charge >= 0.3 is 0 Å². The monoisotopic (exact) mass is 349 g/mol. The van der Waals surface area contributed by atoms with E-state index in [0.29, 0.717) is 13.2 Å². The normalized spacial score (nSPS) is 11.1. The minimum Gasteiger partial charge on any atom is -0.493 e. The van der Waals surface area contributed by atoms with Gasteiger partial charge in [0.25, 0.3) is 0 Å². The predicted molar refractivity (Wildman–Crippen MR) is 104 cm³/mol. The molecule has 0 saturated carbocycles. The van der Waals surface area contributed by atoms with Crippen molar-refractivity contribution in [3.63, 3.8) is 0 Å². The first-order chi connectivity index (χ1) is 12.8. The molecule has 134 valence electrons.